The molecule has 2 atom stereocenters. The lowest BCUT2D eigenvalue weighted by atomic mass is 10.1. The predicted molar refractivity (Wildman–Crippen MR) is 75.3 cm³/mol. The average molecular weight is 261 g/mol. The molecule has 3 nitrogen and oxygen atoms in total. The lowest BCUT2D eigenvalue weighted by molar-refractivity contribution is -0.119. The molecule has 0 heterocycles. The van der Waals surface area contributed by atoms with Crippen molar-refractivity contribution < 1.29 is 9.90 Å². The second-order valence-corrected chi connectivity index (χ2v) is 5.80. The number of nitrogens with one attached hydrogen (secondary N) is 1. The molecule has 0 bridgehead atoms. The first-order valence-corrected chi connectivity index (χ1v) is 7.73. The number of carbonyl (C=O) groups excluding carboxylic acids is 1. The minimum atomic E-state index is 0.115. The largest absolute Gasteiger partial charge is 0.396 e. The third kappa shape index (κ3) is 10.6. The Labute approximate surface area is 110 Å². The minimum Gasteiger partial charge on any atom is -0.396 e. The van der Waals surface area contributed by atoms with Crippen LogP contribution < -0.4 is 5.32 Å². The first kappa shape index (κ1) is 16.8. The summed E-state index contributed by atoms with van der Waals surface area (Å²) in [4.78, 5) is 11.6. The molecular weight excluding hydrogens is 234 g/mol. The number of carbonyl (C=O) groups is 1. The number of hydrogen-bond donors (Lipinski definition) is 2. The van der Waals surface area contributed by atoms with Crippen molar-refractivity contribution in [3.8, 4) is 0 Å². The van der Waals surface area contributed by atoms with Crippen LogP contribution in [-0.2, 0) is 4.79 Å². The Hall–Kier alpha value is -0.220. The van der Waals surface area contributed by atoms with Gasteiger partial charge in [0, 0.05) is 12.6 Å². The van der Waals surface area contributed by atoms with Crippen molar-refractivity contribution in [3.63, 3.8) is 0 Å². The highest BCUT2D eigenvalue weighted by Gasteiger charge is 2.08. The Kier molecular flexibility index (Phi) is 10.8. The quantitative estimate of drug-likeness (QED) is 0.594. The number of amides is 1. The van der Waals surface area contributed by atoms with Gasteiger partial charge in [0.25, 0.3) is 0 Å². The number of thioether (sulfide) groups is 1. The van der Waals surface area contributed by atoms with Crippen molar-refractivity contribution >= 4 is 17.7 Å². The van der Waals surface area contributed by atoms with Gasteiger partial charge in [0.15, 0.2) is 0 Å². The van der Waals surface area contributed by atoms with Gasteiger partial charge in [-0.3, -0.25) is 4.79 Å². The number of aliphatic hydroxyl groups is 1. The van der Waals surface area contributed by atoms with Crippen LogP contribution in [0.5, 0.6) is 0 Å². The highest BCUT2D eigenvalue weighted by atomic mass is 32.2. The van der Waals surface area contributed by atoms with Crippen molar-refractivity contribution in [1.82, 2.24) is 5.32 Å². The number of rotatable bonds is 10. The molecule has 0 aromatic rings. The molecule has 0 spiro atoms. The van der Waals surface area contributed by atoms with Gasteiger partial charge < -0.3 is 10.4 Å². The Morgan fingerprint density at radius 2 is 2.06 bits per heavy atom. The Morgan fingerprint density at radius 3 is 2.65 bits per heavy atom. The Morgan fingerprint density at radius 1 is 1.35 bits per heavy atom. The van der Waals surface area contributed by atoms with Crippen molar-refractivity contribution in [3.05, 3.63) is 0 Å². The van der Waals surface area contributed by atoms with Gasteiger partial charge >= 0.3 is 0 Å². The zero-order valence-corrected chi connectivity index (χ0v) is 12.2. The highest BCUT2D eigenvalue weighted by molar-refractivity contribution is 7.99. The second kappa shape index (κ2) is 10.9. The van der Waals surface area contributed by atoms with Crippen molar-refractivity contribution in [2.24, 2.45) is 5.92 Å². The van der Waals surface area contributed by atoms with Crippen LogP contribution in [0.3, 0.4) is 0 Å². The van der Waals surface area contributed by atoms with Gasteiger partial charge in [-0.1, -0.05) is 33.1 Å². The van der Waals surface area contributed by atoms with Gasteiger partial charge in [-0.05, 0) is 25.0 Å². The summed E-state index contributed by atoms with van der Waals surface area (Å²) in [7, 11) is 0. The van der Waals surface area contributed by atoms with Crippen LogP contribution in [0.25, 0.3) is 0 Å². The number of aliphatic hydroxyl groups excluding tert-OH is 1. The van der Waals surface area contributed by atoms with Crippen LogP contribution in [0.2, 0.25) is 0 Å². The lowest BCUT2D eigenvalue weighted by Crippen LogP contribution is -2.34. The summed E-state index contributed by atoms with van der Waals surface area (Å²) in [6.45, 7) is 6.43. The van der Waals surface area contributed by atoms with E-state index in [1.807, 2.05) is 6.92 Å². The molecule has 2 unspecified atom stereocenters. The third-order valence-electron chi connectivity index (χ3n) is 2.60. The minimum absolute atomic E-state index is 0.115. The molecule has 1 amide bonds. The zero-order valence-electron chi connectivity index (χ0n) is 11.4. The van der Waals surface area contributed by atoms with Crippen LogP contribution >= 0.6 is 11.8 Å². The molecule has 0 aromatic carbocycles. The van der Waals surface area contributed by atoms with E-state index in [-0.39, 0.29) is 24.5 Å². The van der Waals surface area contributed by atoms with E-state index in [1.54, 1.807) is 11.8 Å². The first-order valence-electron chi connectivity index (χ1n) is 6.58. The van der Waals surface area contributed by atoms with Crippen LogP contribution in [0.1, 0.15) is 46.5 Å². The molecule has 2 N–H and O–H groups in total. The van der Waals surface area contributed by atoms with E-state index in [0.717, 1.165) is 12.2 Å². The highest BCUT2D eigenvalue weighted by Crippen LogP contribution is 2.08. The molecule has 102 valence electrons. The van der Waals surface area contributed by atoms with Gasteiger partial charge in [-0.2, -0.15) is 11.8 Å². The topological polar surface area (TPSA) is 49.3 Å². The van der Waals surface area contributed by atoms with E-state index >= 15 is 0 Å². The summed E-state index contributed by atoms with van der Waals surface area (Å²) in [5, 5.41) is 11.9. The first-order chi connectivity index (χ1) is 8.10. The molecule has 0 aromatic heterocycles. The predicted octanol–water partition coefficient (Wildman–Crippen LogP) is 2.43. The molecule has 0 radical (unpaired) electrons. The Balaban J connectivity index is 3.50. The SMILES string of the molecule is CCCCCC(C)NC(=O)CSCC(C)CO. The van der Waals surface area contributed by atoms with Crippen molar-refractivity contribution in [2.75, 3.05) is 18.1 Å². The second-order valence-electron chi connectivity index (χ2n) is 4.77. The van der Waals surface area contributed by atoms with E-state index in [2.05, 4.69) is 19.2 Å². The molecule has 0 aliphatic heterocycles. The monoisotopic (exact) mass is 261 g/mol. The van der Waals surface area contributed by atoms with Gasteiger partial charge in [0.2, 0.25) is 5.91 Å². The maximum absolute atomic E-state index is 11.6. The van der Waals surface area contributed by atoms with E-state index in [9.17, 15) is 4.79 Å². The van der Waals surface area contributed by atoms with Crippen LogP contribution in [0.4, 0.5) is 0 Å². The van der Waals surface area contributed by atoms with E-state index in [0.29, 0.717) is 5.75 Å². The molecule has 0 fully saturated rings. The molecule has 4 heteroatoms. The molecule has 0 rings (SSSR count). The maximum atomic E-state index is 11.6. The average Bonchev–Trinajstić information content (AvgIpc) is 2.29. The zero-order chi connectivity index (χ0) is 13.1. The van der Waals surface area contributed by atoms with Gasteiger partial charge in [-0.25, -0.2) is 0 Å². The number of unbranched alkanes of at least 4 members (excludes halogenated alkanes) is 2. The van der Waals surface area contributed by atoms with E-state index in [1.165, 1.54) is 19.3 Å². The number of hydrogen-bond acceptors (Lipinski definition) is 3. The summed E-state index contributed by atoms with van der Waals surface area (Å²) in [6, 6.07) is 0.282. The van der Waals surface area contributed by atoms with E-state index < -0.39 is 0 Å². The normalized spacial score (nSPS) is 14.4. The summed E-state index contributed by atoms with van der Waals surface area (Å²) < 4.78 is 0. The smallest absolute Gasteiger partial charge is 0.230 e. The van der Waals surface area contributed by atoms with E-state index in [4.69, 9.17) is 5.11 Å². The fraction of sp³-hybridized carbons (Fsp3) is 0.923. The summed E-state index contributed by atoms with van der Waals surface area (Å²) >= 11 is 1.59. The molecule has 0 saturated carbocycles. The van der Waals surface area contributed by atoms with Crippen LogP contribution in [0.15, 0.2) is 0 Å². The maximum Gasteiger partial charge on any atom is 0.230 e. The fourth-order valence-electron chi connectivity index (χ4n) is 1.49. The summed E-state index contributed by atoms with van der Waals surface area (Å²) in [5.41, 5.74) is 0. The standard InChI is InChI=1S/C13H27NO2S/c1-4-5-6-7-12(3)14-13(16)10-17-9-11(2)8-15/h11-12,15H,4-10H2,1-3H3,(H,14,16). The lowest BCUT2D eigenvalue weighted by Gasteiger charge is -2.14. The van der Waals surface area contributed by atoms with Crippen LogP contribution in [-0.4, -0.2) is 35.2 Å². The third-order valence-corrected chi connectivity index (χ3v) is 3.87. The molecule has 0 aliphatic rings. The molecule has 0 saturated heterocycles. The Bertz CT molecular complexity index is 200. The van der Waals surface area contributed by atoms with Crippen molar-refractivity contribution in [1.29, 1.82) is 0 Å². The van der Waals surface area contributed by atoms with Crippen LogP contribution in [0, 0.1) is 5.92 Å². The summed E-state index contributed by atoms with van der Waals surface area (Å²) in [6.07, 6.45) is 4.71. The van der Waals surface area contributed by atoms with Crippen molar-refractivity contribution in [2.45, 2.75) is 52.5 Å². The summed E-state index contributed by atoms with van der Waals surface area (Å²) in [5.74, 6) is 1.73. The molecular formula is C13H27NO2S. The fourth-order valence-corrected chi connectivity index (χ4v) is 2.39. The van der Waals surface area contributed by atoms with Gasteiger partial charge in [-0.15, -0.1) is 0 Å². The van der Waals surface area contributed by atoms with Gasteiger partial charge in [0.05, 0.1) is 5.75 Å². The molecule has 17 heavy (non-hydrogen) atoms. The van der Waals surface area contributed by atoms with Gasteiger partial charge in [0.1, 0.15) is 0 Å². The molecule has 0 aliphatic carbocycles.